The van der Waals surface area contributed by atoms with Gasteiger partial charge in [-0.1, -0.05) is 18.2 Å². The number of benzene rings is 1. The summed E-state index contributed by atoms with van der Waals surface area (Å²) in [5.74, 6) is 0.863. The number of aromatic nitrogens is 1. The topological polar surface area (TPSA) is 103 Å². The molecule has 39 heavy (non-hydrogen) atoms. The van der Waals surface area contributed by atoms with Gasteiger partial charge in [-0.05, 0) is 74.8 Å². The maximum atomic E-state index is 12.3. The molecular weight excluding hydrogens is 494 g/mol. The van der Waals surface area contributed by atoms with E-state index in [4.69, 9.17) is 19.9 Å². The number of aryl methyl sites for hydroxylation is 1. The van der Waals surface area contributed by atoms with Crippen molar-refractivity contribution in [3.05, 3.63) is 47.7 Å². The van der Waals surface area contributed by atoms with Crippen molar-refractivity contribution in [2.45, 2.75) is 70.7 Å². The average molecular weight is 538 g/mol. The Morgan fingerprint density at radius 2 is 2.03 bits per heavy atom. The smallest absolute Gasteiger partial charge is 0.407 e. The van der Waals surface area contributed by atoms with Gasteiger partial charge in [0.1, 0.15) is 11.9 Å². The highest BCUT2D eigenvalue weighted by Gasteiger charge is 2.23. The Bertz CT molecular complexity index is 1180. The first kappa shape index (κ1) is 27.7. The highest BCUT2D eigenvalue weighted by molar-refractivity contribution is 5.93. The fraction of sp³-hybridized carbons (Fsp3) is 0.567. The molecule has 1 aliphatic heterocycles. The number of alkyl carbamates (subject to hydrolysis) is 1. The van der Waals surface area contributed by atoms with E-state index < -0.39 is 0 Å². The standard InChI is InChI=1S/C30H43N5O4/c1-2-35-28-13-12-25(38-17-5-14-32-34-15-18-37-19-16-34)20-26(28)27(21-31)29(35)22-8-10-23(11-9-22)33-30(36)39-24-6-3-4-7-24/h8-10,12-13,20,23-24,32H,2-7,11,14-19,21,31H2,1H3,(H,33,36). The first-order valence-electron chi connectivity index (χ1n) is 14.6. The van der Waals surface area contributed by atoms with Crippen LogP contribution in [-0.4, -0.2) is 67.3 Å². The van der Waals surface area contributed by atoms with Crippen LogP contribution in [0.2, 0.25) is 0 Å². The molecule has 2 fully saturated rings. The monoisotopic (exact) mass is 537 g/mol. The molecule has 1 amide bonds. The summed E-state index contributed by atoms with van der Waals surface area (Å²) >= 11 is 0. The van der Waals surface area contributed by atoms with Crippen LogP contribution in [0.3, 0.4) is 0 Å². The summed E-state index contributed by atoms with van der Waals surface area (Å²) in [6.07, 6.45) is 12.0. The maximum Gasteiger partial charge on any atom is 0.407 e. The number of nitrogens with one attached hydrogen (secondary N) is 2. The number of morpholine rings is 1. The van der Waals surface area contributed by atoms with Gasteiger partial charge in [-0.25, -0.2) is 9.80 Å². The number of rotatable bonds is 11. The molecule has 212 valence electrons. The van der Waals surface area contributed by atoms with Crippen molar-refractivity contribution in [2.75, 3.05) is 39.5 Å². The minimum absolute atomic E-state index is 0.0664. The number of carbonyl (C=O) groups excluding carboxylic acids is 1. The minimum atomic E-state index is -0.317. The van der Waals surface area contributed by atoms with E-state index in [1.807, 2.05) is 0 Å². The lowest BCUT2D eigenvalue weighted by Crippen LogP contribution is -2.46. The summed E-state index contributed by atoms with van der Waals surface area (Å²) in [6, 6.07) is 6.24. The number of fused-ring (bicyclic) bond motifs is 1. The zero-order valence-electron chi connectivity index (χ0n) is 23.1. The summed E-state index contributed by atoms with van der Waals surface area (Å²) in [5.41, 5.74) is 14.3. The summed E-state index contributed by atoms with van der Waals surface area (Å²) in [4.78, 5) is 12.3. The molecule has 1 aromatic carbocycles. The zero-order valence-corrected chi connectivity index (χ0v) is 23.1. The number of ether oxygens (including phenoxy) is 3. The van der Waals surface area contributed by atoms with E-state index in [0.29, 0.717) is 19.6 Å². The molecule has 2 aromatic rings. The summed E-state index contributed by atoms with van der Waals surface area (Å²) in [5, 5.41) is 6.35. The number of hydrogen-bond donors (Lipinski definition) is 3. The fourth-order valence-electron chi connectivity index (χ4n) is 5.82. The number of allylic oxidation sites excluding steroid dienone is 2. The van der Waals surface area contributed by atoms with Gasteiger partial charge < -0.3 is 29.8 Å². The lowest BCUT2D eigenvalue weighted by Gasteiger charge is -2.27. The van der Waals surface area contributed by atoms with Crippen molar-refractivity contribution >= 4 is 22.6 Å². The normalized spacial score (nSPS) is 20.4. The Morgan fingerprint density at radius 3 is 2.74 bits per heavy atom. The van der Waals surface area contributed by atoms with Gasteiger partial charge in [0.2, 0.25) is 0 Å². The van der Waals surface area contributed by atoms with Crippen molar-refractivity contribution in [1.29, 1.82) is 0 Å². The molecule has 4 N–H and O–H groups in total. The van der Waals surface area contributed by atoms with Crippen LogP contribution in [0.5, 0.6) is 5.75 Å². The Kier molecular flexibility index (Phi) is 9.58. The van der Waals surface area contributed by atoms with Crippen LogP contribution < -0.4 is 21.2 Å². The van der Waals surface area contributed by atoms with Gasteiger partial charge in [-0.15, -0.1) is 0 Å². The Morgan fingerprint density at radius 1 is 1.21 bits per heavy atom. The van der Waals surface area contributed by atoms with Crippen molar-refractivity contribution < 1.29 is 19.0 Å². The van der Waals surface area contributed by atoms with Gasteiger partial charge in [-0.2, -0.15) is 0 Å². The predicted molar refractivity (Wildman–Crippen MR) is 153 cm³/mol. The summed E-state index contributed by atoms with van der Waals surface area (Å²) in [7, 11) is 0. The first-order chi connectivity index (χ1) is 19.2. The third-order valence-electron chi connectivity index (χ3n) is 7.85. The molecule has 9 nitrogen and oxygen atoms in total. The molecular formula is C30H43N5O4. The Labute approximate surface area is 231 Å². The number of amides is 1. The molecule has 0 spiro atoms. The lowest BCUT2D eigenvalue weighted by molar-refractivity contribution is 0.0114. The minimum Gasteiger partial charge on any atom is -0.494 e. The summed E-state index contributed by atoms with van der Waals surface area (Å²) in [6.45, 7) is 8.36. The molecule has 2 heterocycles. The SMILES string of the molecule is CCn1c(C2=CCC(NC(=O)OC3CCCC3)C=C2)c(CN)c2cc(OCCCNN3CCOCC3)ccc21. The van der Waals surface area contributed by atoms with Crippen LogP contribution in [0.4, 0.5) is 4.79 Å². The van der Waals surface area contributed by atoms with Crippen LogP contribution >= 0.6 is 0 Å². The van der Waals surface area contributed by atoms with Crippen LogP contribution in [0.15, 0.2) is 36.4 Å². The predicted octanol–water partition coefficient (Wildman–Crippen LogP) is 4.11. The third kappa shape index (κ3) is 6.84. The Balaban J connectivity index is 1.22. The van der Waals surface area contributed by atoms with Crippen LogP contribution in [0.1, 0.15) is 56.7 Å². The third-order valence-corrected chi connectivity index (χ3v) is 7.85. The Hall–Kier alpha value is -2.85. The van der Waals surface area contributed by atoms with Gasteiger partial charge >= 0.3 is 6.09 Å². The number of nitrogens with two attached hydrogens (primary N) is 1. The van der Waals surface area contributed by atoms with Crippen LogP contribution in [-0.2, 0) is 22.6 Å². The molecule has 1 atom stereocenters. The number of carbonyl (C=O) groups is 1. The van der Waals surface area contributed by atoms with Gasteiger partial charge in [-0.3, -0.25) is 5.43 Å². The van der Waals surface area contributed by atoms with Crippen LogP contribution in [0, 0.1) is 0 Å². The molecule has 9 heteroatoms. The van der Waals surface area contributed by atoms with Crippen molar-refractivity contribution in [2.24, 2.45) is 5.73 Å². The molecule has 2 aliphatic carbocycles. The van der Waals surface area contributed by atoms with Crippen molar-refractivity contribution in [3.8, 4) is 5.75 Å². The number of hydrazine groups is 1. The highest BCUT2D eigenvalue weighted by atomic mass is 16.6. The van der Waals surface area contributed by atoms with Gasteiger partial charge in [0.25, 0.3) is 0 Å². The molecule has 1 aromatic heterocycles. The molecule has 1 saturated heterocycles. The van der Waals surface area contributed by atoms with Gasteiger partial charge in [0, 0.05) is 43.6 Å². The fourth-order valence-corrected chi connectivity index (χ4v) is 5.82. The van der Waals surface area contributed by atoms with E-state index in [1.54, 1.807) is 0 Å². The lowest BCUT2D eigenvalue weighted by atomic mass is 9.97. The number of nitrogens with zero attached hydrogens (tertiary/aromatic N) is 2. The van der Waals surface area contributed by atoms with Crippen molar-refractivity contribution in [1.82, 2.24) is 20.3 Å². The van der Waals surface area contributed by atoms with Crippen LogP contribution in [0.25, 0.3) is 16.5 Å². The molecule has 5 rings (SSSR count). The largest absolute Gasteiger partial charge is 0.494 e. The quantitative estimate of drug-likeness (QED) is 0.371. The summed E-state index contributed by atoms with van der Waals surface area (Å²) < 4.78 is 19.4. The maximum absolute atomic E-state index is 12.3. The van der Waals surface area contributed by atoms with E-state index in [9.17, 15) is 4.79 Å². The second-order valence-corrected chi connectivity index (χ2v) is 10.5. The molecule has 1 saturated carbocycles. The number of hydrogen-bond acceptors (Lipinski definition) is 7. The van der Waals surface area contributed by atoms with Gasteiger partial charge in [0.15, 0.2) is 0 Å². The van der Waals surface area contributed by atoms with E-state index in [1.165, 1.54) is 0 Å². The molecule has 3 aliphatic rings. The highest BCUT2D eigenvalue weighted by Crippen LogP contribution is 2.35. The van der Waals surface area contributed by atoms with Gasteiger partial charge in [0.05, 0.1) is 31.6 Å². The van der Waals surface area contributed by atoms with E-state index >= 15 is 0 Å². The van der Waals surface area contributed by atoms with Crippen molar-refractivity contribution in [3.63, 3.8) is 0 Å². The first-order valence-corrected chi connectivity index (χ1v) is 14.6. The molecule has 1 unspecified atom stereocenters. The molecule has 0 radical (unpaired) electrons. The molecule has 0 bridgehead atoms. The average Bonchev–Trinajstić information content (AvgIpc) is 3.58. The zero-order chi connectivity index (χ0) is 27.0. The second-order valence-electron chi connectivity index (χ2n) is 10.5. The second kappa shape index (κ2) is 13.5. The van der Waals surface area contributed by atoms with E-state index in [0.717, 1.165) is 105 Å². The van der Waals surface area contributed by atoms with E-state index in [-0.39, 0.29) is 18.2 Å². The van der Waals surface area contributed by atoms with E-state index in [2.05, 4.69) is 63.7 Å².